The number of nitrogens with zero attached hydrogens (tertiary/aromatic N) is 1. The van der Waals surface area contributed by atoms with Crippen molar-refractivity contribution in [2.45, 2.75) is 18.7 Å². The number of hydrogen-bond donors (Lipinski definition) is 2. The average Bonchev–Trinajstić information content (AvgIpc) is 2.37. The number of nitriles is 1. The van der Waals surface area contributed by atoms with E-state index in [0.29, 0.717) is 11.1 Å². The van der Waals surface area contributed by atoms with Crippen LogP contribution in [-0.4, -0.2) is 27.4 Å². The van der Waals surface area contributed by atoms with E-state index in [4.69, 9.17) is 5.26 Å². The normalized spacial score (nSPS) is 12.5. The third-order valence-electron chi connectivity index (χ3n) is 2.44. The number of sulfonamides is 1. The highest BCUT2D eigenvalue weighted by Crippen LogP contribution is 2.07. The summed E-state index contributed by atoms with van der Waals surface area (Å²) >= 11 is 0. The van der Waals surface area contributed by atoms with Gasteiger partial charge in [-0.2, -0.15) is 5.26 Å². The van der Waals surface area contributed by atoms with Gasteiger partial charge in [0.25, 0.3) is 0 Å². The van der Waals surface area contributed by atoms with Gasteiger partial charge in [0.05, 0.1) is 23.4 Å². The molecule has 0 bridgehead atoms. The first kappa shape index (κ1) is 15.1. The summed E-state index contributed by atoms with van der Waals surface area (Å²) < 4.78 is 25.9. The van der Waals surface area contributed by atoms with Crippen LogP contribution in [0, 0.1) is 11.3 Å². The number of likely N-dealkylation sites (N-methyl/N-ethyl adjacent to an activating group) is 1. The van der Waals surface area contributed by atoms with Crippen molar-refractivity contribution >= 4 is 15.9 Å². The molecule has 19 heavy (non-hydrogen) atoms. The number of benzene rings is 1. The number of nitrogens with one attached hydrogen (secondary N) is 2. The van der Waals surface area contributed by atoms with Gasteiger partial charge in [0.2, 0.25) is 15.9 Å². The van der Waals surface area contributed by atoms with E-state index in [0.717, 1.165) is 0 Å². The Morgan fingerprint density at radius 3 is 2.42 bits per heavy atom. The molecule has 0 aliphatic rings. The van der Waals surface area contributed by atoms with E-state index < -0.39 is 22.0 Å². The maximum absolute atomic E-state index is 11.8. The molecule has 1 atom stereocenters. The van der Waals surface area contributed by atoms with E-state index >= 15 is 0 Å². The van der Waals surface area contributed by atoms with E-state index in [2.05, 4.69) is 10.0 Å². The number of carbonyl (C=O) groups is 1. The molecule has 1 aromatic rings. The molecule has 0 aliphatic carbocycles. The van der Waals surface area contributed by atoms with E-state index in [1.807, 2.05) is 6.07 Å². The van der Waals surface area contributed by atoms with Crippen molar-refractivity contribution in [1.82, 2.24) is 10.0 Å². The molecule has 1 rings (SSSR count). The minimum absolute atomic E-state index is 0.236. The lowest BCUT2D eigenvalue weighted by atomic mass is 10.2. The summed E-state index contributed by atoms with van der Waals surface area (Å²) in [5, 5.41) is 11.0. The fourth-order valence-corrected chi connectivity index (χ4v) is 2.84. The Labute approximate surface area is 112 Å². The van der Waals surface area contributed by atoms with Crippen molar-refractivity contribution in [3.05, 3.63) is 35.4 Å². The molecular weight excluding hydrogens is 266 g/mol. The van der Waals surface area contributed by atoms with Crippen LogP contribution in [0.15, 0.2) is 24.3 Å². The molecule has 102 valence electrons. The fraction of sp³-hybridized carbons (Fsp3) is 0.333. The van der Waals surface area contributed by atoms with E-state index in [-0.39, 0.29) is 5.75 Å². The van der Waals surface area contributed by atoms with Crippen LogP contribution in [0.5, 0.6) is 0 Å². The first-order valence-corrected chi connectivity index (χ1v) is 7.24. The molecule has 0 spiro atoms. The molecule has 0 saturated carbocycles. The fourth-order valence-electron chi connectivity index (χ4n) is 1.48. The summed E-state index contributed by atoms with van der Waals surface area (Å²) in [5.74, 6) is -0.636. The third kappa shape index (κ3) is 4.69. The van der Waals surface area contributed by atoms with Crippen LogP contribution in [0.3, 0.4) is 0 Å². The third-order valence-corrected chi connectivity index (χ3v) is 3.86. The Kier molecular flexibility index (Phi) is 5.03. The zero-order chi connectivity index (χ0) is 14.5. The van der Waals surface area contributed by atoms with Crippen molar-refractivity contribution in [3.8, 4) is 6.07 Å². The zero-order valence-corrected chi connectivity index (χ0v) is 11.5. The van der Waals surface area contributed by atoms with Crippen LogP contribution in [0.2, 0.25) is 0 Å². The van der Waals surface area contributed by atoms with Crippen molar-refractivity contribution in [2.24, 2.45) is 0 Å². The van der Waals surface area contributed by atoms with Gasteiger partial charge >= 0.3 is 0 Å². The molecule has 0 fully saturated rings. The molecule has 0 aliphatic heterocycles. The van der Waals surface area contributed by atoms with Crippen molar-refractivity contribution in [1.29, 1.82) is 5.26 Å². The minimum atomic E-state index is -3.60. The van der Waals surface area contributed by atoms with Gasteiger partial charge in [-0.05, 0) is 24.6 Å². The van der Waals surface area contributed by atoms with Crippen LogP contribution in [0.1, 0.15) is 18.1 Å². The molecule has 1 amide bonds. The smallest absolute Gasteiger partial charge is 0.237 e. The Hall–Kier alpha value is -1.91. The summed E-state index contributed by atoms with van der Waals surface area (Å²) in [6.07, 6.45) is 0. The molecule has 0 radical (unpaired) electrons. The monoisotopic (exact) mass is 281 g/mol. The summed E-state index contributed by atoms with van der Waals surface area (Å²) in [6, 6.07) is 7.37. The SMILES string of the molecule is CNC(=O)C(C)NS(=O)(=O)Cc1ccc(C#N)cc1. The first-order valence-electron chi connectivity index (χ1n) is 5.58. The number of carbonyl (C=O) groups excluding carboxylic acids is 1. The van der Waals surface area contributed by atoms with Crippen LogP contribution in [0.25, 0.3) is 0 Å². The average molecular weight is 281 g/mol. The topological polar surface area (TPSA) is 99.1 Å². The van der Waals surface area contributed by atoms with E-state index in [1.54, 1.807) is 24.3 Å². The number of rotatable bonds is 5. The standard InChI is InChI=1S/C12H15N3O3S/c1-9(12(16)14-2)15-19(17,18)8-11-5-3-10(7-13)4-6-11/h3-6,9,15H,8H2,1-2H3,(H,14,16). The van der Waals surface area contributed by atoms with Crippen LogP contribution < -0.4 is 10.0 Å². The molecule has 0 aromatic heterocycles. The summed E-state index contributed by atoms with van der Waals surface area (Å²) in [7, 11) is -2.16. The molecule has 1 unspecified atom stereocenters. The molecule has 1 aromatic carbocycles. The van der Waals surface area contributed by atoms with Gasteiger partial charge in [-0.3, -0.25) is 4.79 Å². The second-order valence-corrected chi connectivity index (χ2v) is 5.78. The summed E-state index contributed by atoms with van der Waals surface area (Å²) in [5.41, 5.74) is 1.02. The van der Waals surface area contributed by atoms with Gasteiger partial charge in [-0.1, -0.05) is 12.1 Å². The lowest BCUT2D eigenvalue weighted by molar-refractivity contribution is -0.121. The highest BCUT2D eigenvalue weighted by atomic mass is 32.2. The van der Waals surface area contributed by atoms with Crippen LogP contribution >= 0.6 is 0 Å². The molecule has 7 heteroatoms. The van der Waals surface area contributed by atoms with Gasteiger partial charge in [-0.25, -0.2) is 13.1 Å². The maximum Gasteiger partial charge on any atom is 0.237 e. The predicted octanol–water partition coefficient (Wildman–Crippen LogP) is 0.112. The molecule has 6 nitrogen and oxygen atoms in total. The van der Waals surface area contributed by atoms with E-state index in [9.17, 15) is 13.2 Å². The maximum atomic E-state index is 11.8. The molecule has 0 heterocycles. The largest absolute Gasteiger partial charge is 0.358 e. The van der Waals surface area contributed by atoms with Gasteiger partial charge in [0, 0.05) is 7.05 Å². The zero-order valence-electron chi connectivity index (χ0n) is 10.7. The van der Waals surface area contributed by atoms with Crippen LogP contribution in [0.4, 0.5) is 0 Å². The van der Waals surface area contributed by atoms with Crippen molar-refractivity contribution in [3.63, 3.8) is 0 Å². The molecule has 2 N–H and O–H groups in total. The van der Waals surface area contributed by atoms with Gasteiger partial charge in [-0.15, -0.1) is 0 Å². The Balaban J connectivity index is 2.74. The second-order valence-electron chi connectivity index (χ2n) is 4.02. The summed E-state index contributed by atoms with van der Waals surface area (Å²) in [6.45, 7) is 1.47. The quantitative estimate of drug-likeness (QED) is 0.800. The Morgan fingerprint density at radius 2 is 1.95 bits per heavy atom. The van der Waals surface area contributed by atoms with Crippen LogP contribution in [-0.2, 0) is 20.6 Å². The van der Waals surface area contributed by atoms with Crippen molar-refractivity contribution < 1.29 is 13.2 Å². The molecule has 0 saturated heterocycles. The van der Waals surface area contributed by atoms with Gasteiger partial charge in [0.1, 0.15) is 0 Å². The molecular formula is C12H15N3O3S. The Bertz CT molecular complexity index is 588. The number of hydrogen-bond acceptors (Lipinski definition) is 4. The van der Waals surface area contributed by atoms with Crippen molar-refractivity contribution in [2.75, 3.05) is 7.05 Å². The lowest BCUT2D eigenvalue weighted by Gasteiger charge is -2.12. The second kappa shape index (κ2) is 6.31. The lowest BCUT2D eigenvalue weighted by Crippen LogP contribution is -2.43. The van der Waals surface area contributed by atoms with Gasteiger partial charge in [0.15, 0.2) is 0 Å². The van der Waals surface area contributed by atoms with E-state index in [1.165, 1.54) is 14.0 Å². The first-order chi connectivity index (χ1) is 8.88. The summed E-state index contributed by atoms with van der Waals surface area (Å²) in [4.78, 5) is 11.3. The Morgan fingerprint density at radius 1 is 1.37 bits per heavy atom. The predicted molar refractivity (Wildman–Crippen MR) is 70.4 cm³/mol. The highest BCUT2D eigenvalue weighted by molar-refractivity contribution is 7.88. The minimum Gasteiger partial charge on any atom is -0.358 e. The highest BCUT2D eigenvalue weighted by Gasteiger charge is 2.19. The number of amides is 1. The van der Waals surface area contributed by atoms with Gasteiger partial charge < -0.3 is 5.32 Å².